The molecule has 28 heavy (non-hydrogen) atoms. The van der Waals surface area contributed by atoms with Gasteiger partial charge in [0, 0.05) is 7.05 Å². The maximum atomic E-state index is 12.9. The molecule has 1 heterocycles. The van der Waals surface area contributed by atoms with E-state index in [0.29, 0.717) is 12.3 Å². The van der Waals surface area contributed by atoms with Crippen molar-refractivity contribution >= 4 is 11.9 Å². The Balaban J connectivity index is 1.81. The molecule has 0 aromatic heterocycles. The number of ether oxygens (including phenoxy) is 2. The molecule has 3 rings (SSSR count). The molecule has 0 bridgehead atoms. The topological polar surface area (TPSA) is 77.2 Å². The van der Waals surface area contributed by atoms with E-state index in [4.69, 9.17) is 10.5 Å². The lowest BCUT2D eigenvalue weighted by atomic mass is 9.79. The Kier molecular flexibility index (Phi) is 5.71. The predicted octanol–water partition coefficient (Wildman–Crippen LogP) is 3.46. The van der Waals surface area contributed by atoms with Crippen LogP contribution in [0.2, 0.25) is 0 Å². The Hall–Kier alpha value is -2.45. The molecule has 2 aliphatic rings. The summed E-state index contributed by atoms with van der Waals surface area (Å²) in [6, 6.07) is 5.48. The maximum absolute atomic E-state index is 12.9. The number of para-hydroxylation sites is 2. The Bertz CT molecular complexity index is 747. The van der Waals surface area contributed by atoms with Crippen molar-refractivity contribution in [3.63, 3.8) is 0 Å². The van der Waals surface area contributed by atoms with Crippen molar-refractivity contribution in [3.8, 4) is 11.5 Å². The fraction of sp³-hybridized carbons (Fsp3) is 0.579. The summed E-state index contributed by atoms with van der Waals surface area (Å²) in [5.41, 5.74) is 4.63. The van der Waals surface area contributed by atoms with Gasteiger partial charge < -0.3 is 15.2 Å². The minimum absolute atomic E-state index is 0.0873. The molecule has 0 spiro atoms. The van der Waals surface area contributed by atoms with Gasteiger partial charge in [-0.3, -0.25) is 9.69 Å². The van der Waals surface area contributed by atoms with Crippen LogP contribution in [-0.2, 0) is 4.79 Å². The van der Waals surface area contributed by atoms with Gasteiger partial charge in [0.05, 0.1) is 0 Å². The highest BCUT2D eigenvalue weighted by atomic mass is 19.4. The Morgan fingerprint density at radius 1 is 1.21 bits per heavy atom. The fourth-order valence-electron chi connectivity index (χ4n) is 3.89. The summed E-state index contributed by atoms with van der Waals surface area (Å²) in [7, 11) is 1.53. The Morgan fingerprint density at radius 3 is 2.43 bits per heavy atom. The largest absolute Gasteiger partial charge is 0.573 e. The number of halogens is 3. The van der Waals surface area contributed by atoms with Gasteiger partial charge in [-0.2, -0.15) is 0 Å². The van der Waals surface area contributed by atoms with E-state index < -0.39 is 17.7 Å². The summed E-state index contributed by atoms with van der Waals surface area (Å²) >= 11 is 0. The second-order valence-corrected chi connectivity index (χ2v) is 7.36. The van der Waals surface area contributed by atoms with E-state index in [9.17, 15) is 18.0 Å². The standard InChI is InChI=1S/C19H24F3N3O3/c1-25-16(26)18(24-17(25)23,11-13-7-3-2-4-8-13)12-27-14-9-5-6-10-15(14)28-19(20,21)22/h5-6,9-10,13H,2-4,7-8,11-12H2,1H3,(H2,23,24). The molecule has 0 saturated heterocycles. The van der Waals surface area contributed by atoms with Crippen molar-refractivity contribution in [2.24, 2.45) is 16.6 Å². The molecule has 1 fully saturated rings. The molecular formula is C19H24F3N3O3. The number of amides is 1. The predicted molar refractivity (Wildman–Crippen MR) is 96.9 cm³/mol. The molecule has 1 aliphatic heterocycles. The monoisotopic (exact) mass is 399 g/mol. The number of guanidine groups is 1. The number of nitrogens with two attached hydrogens (primary N) is 1. The molecule has 2 N–H and O–H groups in total. The minimum Gasteiger partial charge on any atom is -0.487 e. The normalized spacial score (nSPS) is 23.6. The highest BCUT2D eigenvalue weighted by molar-refractivity contribution is 6.06. The molecule has 9 heteroatoms. The van der Waals surface area contributed by atoms with E-state index in [2.05, 4.69) is 9.73 Å². The lowest BCUT2D eigenvalue weighted by molar-refractivity contribution is -0.275. The van der Waals surface area contributed by atoms with Crippen LogP contribution in [0.3, 0.4) is 0 Å². The van der Waals surface area contributed by atoms with Crippen LogP contribution in [0.15, 0.2) is 29.3 Å². The Morgan fingerprint density at radius 2 is 1.86 bits per heavy atom. The first-order chi connectivity index (χ1) is 13.2. The van der Waals surface area contributed by atoms with Gasteiger partial charge in [0.25, 0.3) is 5.91 Å². The van der Waals surface area contributed by atoms with Crippen molar-refractivity contribution < 1.29 is 27.4 Å². The van der Waals surface area contributed by atoms with Crippen LogP contribution in [0.4, 0.5) is 13.2 Å². The van der Waals surface area contributed by atoms with Crippen LogP contribution in [0.5, 0.6) is 11.5 Å². The number of likely N-dealkylation sites (N-methyl/N-ethyl adjacent to an activating group) is 1. The SMILES string of the molecule is CN1C(=O)C(COc2ccccc2OC(F)(F)F)(CC2CCCCC2)N=C1N. The average molecular weight is 399 g/mol. The van der Waals surface area contributed by atoms with Crippen molar-refractivity contribution in [1.29, 1.82) is 0 Å². The van der Waals surface area contributed by atoms with Crippen LogP contribution < -0.4 is 15.2 Å². The third-order valence-corrected chi connectivity index (χ3v) is 5.27. The van der Waals surface area contributed by atoms with Crippen molar-refractivity contribution in [2.75, 3.05) is 13.7 Å². The van der Waals surface area contributed by atoms with Gasteiger partial charge in [0.2, 0.25) is 0 Å². The lowest BCUT2D eigenvalue weighted by Crippen LogP contribution is -2.47. The van der Waals surface area contributed by atoms with Crippen LogP contribution in [-0.4, -0.2) is 42.3 Å². The maximum Gasteiger partial charge on any atom is 0.573 e. The number of aliphatic imine (C=N–C) groups is 1. The van der Waals surface area contributed by atoms with Crippen LogP contribution in [0.1, 0.15) is 38.5 Å². The fourth-order valence-corrected chi connectivity index (χ4v) is 3.89. The number of hydrogen-bond acceptors (Lipinski definition) is 5. The second kappa shape index (κ2) is 7.89. The van der Waals surface area contributed by atoms with Crippen LogP contribution in [0, 0.1) is 5.92 Å². The average Bonchev–Trinajstić information content (AvgIpc) is 2.85. The highest BCUT2D eigenvalue weighted by Gasteiger charge is 2.48. The van der Waals surface area contributed by atoms with E-state index in [1.54, 1.807) is 0 Å². The summed E-state index contributed by atoms with van der Waals surface area (Å²) in [6.45, 7) is -0.203. The van der Waals surface area contributed by atoms with E-state index in [1.807, 2.05) is 0 Å². The van der Waals surface area contributed by atoms with Gasteiger partial charge in [-0.1, -0.05) is 44.2 Å². The molecule has 1 unspecified atom stereocenters. The molecule has 154 valence electrons. The first-order valence-electron chi connectivity index (χ1n) is 9.31. The number of rotatable bonds is 6. The third-order valence-electron chi connectivity index (χ3n) is 5.27. The van der Waals surface area contributed by atoms with Crippen molar-refractivity contribution in [2.45, 2.75) is 50.4 Å². The molecule has 6 nitrogen and oxygen atoms in total. The van der Waals surface area contributed by atoms with Crippen LogP contribution in [0.25, 0.3) is 0 Å². The molecular weight excluding hydrogens is 375 g/mol. The van der Waals surface area contributed by atoms with Gasteiger partial charge in [-0.25, -0.2) is 4.99 Å². The van der Waals surface area contributed by atoms with Gasteiger partial charge in [0.1, 0.15) is 6.61 Å². The number of alkyl halides is 3. The van der Waals surface area contributed by atoms with E-state index in [-0.39, 0.29) is 24.2 Å². The number of benzene rings is 1. The summed E-state index contributed by atoms with van der Waals surface area (Å²) < 4.78 is 47.6. The van der Waals surface area contributed by atoms with Crippen molar-refractivity contribution in [3.05, 3.63) is 24.3 Å². The Labute approximate surface area is 161 Å². The smallest absolute Gasteiger partial charge is 0.487 e. The zero-order chi connectivity index (χ0) is 20.4. The van der Waals surface area contributed by atoms with Gasteiger partial charge in [0.15, 0.2) is 23.0 Å². The number of hydrogen-bond donors (Lipinski definition) is 1. The molecule has 1 aliphatic carbocycles. The molecule has 1 aromatic rings. The lowest BCUT2D eigenvalue weighted by Gasteiger charge is -2.31. The van der Waals surface area contributed by atoms with Gasteiger partial charge in [-0.15, -0.1) is 13.2 Å². The first-order valence-corrected chi connectivity index (χ1v) is 9.31. The van der Waals surface area contributed by atoms with Gasteiger partial charge >= 0.3 is 6.36 Å². The minimum atomic E-state index is -4.84. The number of nitrogens with zero attached hydrogens (tertiary/aromatic N) is 2. The summed E-state index contributed by atoms with van der Waals surface area (Å²) in [6.07, 6.45) is 0.940. The second-order valence-electron chi connectivity index (χ2n) is 7.36. The number of carbonyl (C=O) groups is 1. The summed E-state index contributed by atoms with van der Waals surface area (Å²) in [5, 5.41) is 0. The van der Waals surface area contributed by atoms with Crippen LogP contribution >= 0.6 is 0 Å². The molecule has 0 radical (unpaired) electrons. The highest BCUT2D eigenvalue weighted by Crippen LogP contribution is 2.38. The molecule has 1 atom stereocenters. The number of carbonyl (C=O) groups excluding carboxylic acids is 1. The van der Waals surface area contributed by atoms with Crippen molar-refractivity contribution in [1.82, 2.24) is 4.90 Å². The van der Waals surface area contributed by atoms with E-state index in [1.165, 1.54) is 36.6 Å². The quantitative estimate of drug-likeness (QED) is 0.795. The molecule has 1 aromatic carbocycles. The van der Waals surface area contributed by atoms with Gasteiger partial charge in [-0.05, 0) is 24.5 Å². The molecule has 1 amide bonds. The zero-order valence-corrected chi connectivity index (χ0v) is 15.7. The molecule has 1 saturated carbocycles. The first kappa shape index (κ1) is 20.3. The third kappa shape index (κ3) is 4.51. The summed E-state index contributed by atoms with van der Waals surface area (Å²) in [4.78, 5) is 18.5. The van der Waals surface area contributed by atoms with E-state index >= 15 is 0 Å². The zero-order valence-electron chi connectivity index (χ0n) is 15.7. The summed E-state index contributed by atoms with van der Waals surface area (Å²) in [5.74, 6) is -0.474. The van der Waals surface area contributed by atoms with E-state index in [0.717, 1.165) is 31.7 Å².